The van der Waals surface area contributed by atoms with Crippen LogP contribution in [0.25, 0.3) is 71.6 Å². The number of carbonyl (C=O) groups excluding carboxylic acids is 4. The second-order valence-corrected chi connectivity index (χ2v) is 34.6. The number of hydrogen-bond donors (Lipinski definition) is 1. The third kappa shape index (κ3) is 29.1. The number of nitrogens with zero attached hydrogens (tertiary/aromatic N) is 2. The van der Waals surface area contributed by atoms with Gasteiger partial charge in [0.15, 0.2) is 0 Å². The van der Waals surface area contributed by atoms with Crippen molar-refractivity contribution < 1.29 is 109 Å². The Bertz CT molecular complexity index is 5770. The van der Waals surface area contributed by atoms with Crippen molar-refractivity contribution in [3.8, 4) is 27.9 Å². The maximum Gasteiger partial charge on any atom is 1.00 e. The number of para-hydroxylation sites is 3. The first kappa shape index (κ1) is 99.9. The summed E-state index contributed by atoms with van der Waals surface area (Å²) in [5.41, 5.74) is 19.3. The molecule has 3 N–H and O–H groups in total. The maximum absolute atomic E-state index is 13.9. The number of halogens is 15. The molecule has 0 bridgehead atoms. The summed E-state index contributed by atoms with van der Waals surface area (Å²) in [5, 5.41) is 3.26. The van der Waals surface area contributed by atoms with E-state index < -0.39 is 32.6 Å². The van der Waals surface area contributed by atoms with Crippen molar-refractivity contribution in [2.24, 2.45) is 0 Å². The number of hydrogen-bond acceptors (Lipinski definition) is 8. The van der Waals surface area contributed by atoms with Gasteiger partial charge in [-0.3, -0.25) is 14.2 Å². The van der Waals surface area contributed by atoms with Gasteiger partial charge in [0, 0.05) is 50.3 Å². The summed E-state index contributed by atoms with van der Waals surface area (Å²) in [7, 11) is 0. The molecule has 16 rings (SSSR count). The molecule has 2 heterocycles. The Balaban J connectivity index is 0.000000238. The Morgan fingerprint density at radius 2 is 0.836 bits per heavy atom. The molecule has 0 aliphatic heterocycles. The summed E-state index contributed by atoms with van der Waals surface area (Å²) >= 11 is 23.2. The number of rotatable bonds is 5. The Morgan fingerprint density at radius 3 is 1.34 bits per heavy atom. The van der Waals surface area contributed by atoms with Gasteiger partial charge in [-0.15, -0.1) is 0 Å². The molecule has 0 spiro atoms. The number of anilines is 1. The minimum Gasteiger partial charge on any atom is -0.870 e. The molecular formula is C90H73Br6ClF6I2KN3O7. The van der Waals surface area contributed by atoms with Gasteiger partial charge in [-0.05, 0) is 310 Å². The number of nitrogens with two attached hydrogens (primary N) is 1. The molecule has 0 amide bonds. The van der Waals surface area contributed by atoms with Crippen LogP contribution in [-0.4, -0.2) is 37.7 Å². The van der Waals surface area contributed by atoms with E-state index in [0.717, 1.165) is 87.1 Å². The van der Waals surface area contributed by atoms with Crippen molar-refractivity contribution in [3.63, 3.8) is 0 Å². The predicted molar refractivity (Wildman–Crippen MR) is 493 cm³/mol. The molecule has 0 radical (unpaired) electrons. The monoisotopic (exact) mass is 2220 g/mol. The summed E-state index contributed by atoms with van der Waals surface area (Å²) in [6.45, 7) is 9.30. The predicted octanol–water partition coefficient (Wildman–Crippen LogP) is 26.7. The molecule has 1 aliphatic rings. The van der Waals surface area contributed by atoms with E-state index in [9.17, 15) is 45.5 Å². The molecule has 596 valence electrons. The summed E-state index contributed by atoms with van der Waals surface area (Å²) in [6, 6.07) is 85.7. The van der Waals surface area contributed by atoms with E-state index in [1.165, 1.54) is 78.3 Å². The molecule has 0 fully saturated rings. The van der Waals surface area contributed by atoms with E-state index in [2.05, 4.69) is 177 Å². The molecule has 0 saturated carbocycles. The van der Waals surface area contributed by atoms with E-state index >= 15 is 0 Å². The second-order valence-electron chi connectivity index (χ2n) is 24.3. The van der Waals surface area contributed by atoms with Gasteiger partial charge >= 0.3 is 147 Å². The fraction of sp³-hybridized carbons (Fsp3) is 0.0889. The fourth-order valence-electron chi connectivity index (χ4n) is 11.2. The Labute approximate surface area is 789 Å². The molecule has 26 heteroatoms. The van der Waals surface area contributed by atoms with E-state index in [1.54, 1.807) is 59.2 Å². The smallest absolute Gasteiger partial charge is 0.870 e. The number of aryl methyl sites for hydroxylation is 2. The van der Waals surface area contributed by atoms with Crippen LogP contribution in [0, 0.1) is 55.9 Å². The van der Waals surface area contributed by atoms with Crippen molar-refractivity contribution in [2.45, 2.75) is 55.4 Å². The van der Waals surface area contributed by atoms with Crippen LogP contribution < -0.4 is 57.1 Å². The van der Waals surface area contributed by atoms with Crippen LogP contribution in [0.5, 0.6) is 0 Å². The number of carbonyl (C=O) groups is 4. The third-order valence-electron chi connectivity index (χ3n) is 16.0. The van der Waals surface area contributed by atoms with Crippen molar-refractivity contribution in [1.29, 1.82) is 0 Å². The molecule has 2 aromatic heterocycles. The minimum atomic E-state index is -2.59. The molecule has 116 heavy (non-hydrogen) atoms. The summed E-state index contributed by atoms with van der Waals surface area (Å²) in [4.78, 5) is 42.7. The fourth-order valence-corrected chi connectivity index (χ4v) is 16.7. The van der Waals surface area contributed by atoms with Crippen LogP contribution in [0.3, 0.4) is 0 Å². The van der Waals surface area contributed by atoms with Gasteiger partial charge in [-0.2, -0.15) is 0 Å². The number of aromatic nitrogens is 2. The average molecular weight is 2230 g/mol. The summed E-state index contributed by atoms with van der Waals surface area (Å²) < 4.78 is 98.0. The van der Waals surface area contributed by atoms with Crippen molar-refractivity contribution in [2.75, 3.05) is 5.73 Å². The number of benzene rings is 13. The van der Waals surface area contributed by atoms with E-state index in [1.807, 2.05) is 166 Å². The zero-order valence-corrected chi connectivity index (χ0v) is 80.0. The van der Waals surface area contributed by atoms with Crippen LogP contribution in [0.2, 0.25) is 0 Å². The molecule has 0 unspecified atom stereocenters. The van der Waals surface area contributed by atoms with Crippen LogP contribution in [0.1, 0.15) is 62.2 Å². The SMILES string of the molecule is C.CC(=O)Cl.CC(=O)OI(OC(C)=O)c1ccccc1.CC(=O)n1c2ccccc2c2cc(F)c(Br)cc21.Cc1cc(Br)c(F)cc1-c1ccccc1.Cc1ccc(F)c(Br)c1.Fc1cc2c(cc1Br)Cc1ccccc1-2.Fc1cc2c3ccccc3n(-c3ccccc3)c2cc1Br.Ic1ccccc1.Nc1ccc(F)c(Br)c1.[K+].[OH-]. The van der Waals surface area contributed by atoms with Gasteiger partial charge in [0.2, 0.25) is 11.1 Å². The normalized spacial score (nSPS) is 10.3. The van der Waals surface area contributed by atoms with E-state index in [0.29, 0.717) is 32.5 Å². The third-order valence-corrected chi connectivity index (χ3v) is 24.1. The molecule has 13 aromatic carbocycles. The van der Waals surface area contributed by atoms with E-state index in [4.69, 9.17) is 11.9 Å². The standard InChI is InChI=1S/C18H11BrFN.C14H9BrFNO.C13H8BrF.C13H10BrF.C10H11IO4.C7H6BrF.C6H5BrFN.C6H5I.C2H3ClO.CH4.K.H2O/c19-15-11-18-14(10-16(15)20)13-8-4-5-9-17(13)21(18)12-6-2-1-3-7-12;1-8(18)17-13-5-3-2-4-9(13)10-6-12(16)11(15)7-14(10)17;14-12-6-9-5-8-3-1-2-4-10(8)11(9)7-13(12)15;1-9-7-12(14)13(15)8-11(9)10-5-3-2-4-6-10;1-8(12)14-11(15-9(2)13)10-6-4-3-5-7-10;1-5-2-3-7(9)6(8)4-5;7-5-3-4(9)1-2-6(5)8;7-6-4-2-1-3-5-6;1-2(3)4;;;/h1-11H;2-7H,1H3;1-4,6-7H,5H2;2-8H,1H3;3-7H,1-2H3;2-4H,1H3;1-3H,9H2;1-5H;1H3;1H4;;1H2/q;;;;;;;;;;+1;/p-1. The number of nitrogen functional groups attached to an aromatic ring is 1. The van der Waals surface area contributed by atoms with Gasteiger partial charge in [-0.1, -0.05) is 141 Å². The molecule has 0 saturated heterocycles. The molecule has 1 aliphatic carbocycles. The van der Waals surface area contributed by atoms with Crippen molar-refractivity contribution in [3.05, 3.63) is 370 Å². The first-order valence-electron chi connectivity index (χ1n) is 33.9. The average Bonchev–Trinajstić information content (AvgIpc) is 1.60. The number of fused-ring (bicyclic) bond motifs is 9. The molecule has 0 atom stereocenters. The first-order valence-corrected chi connectivity index (χ1v) is 43.0. The molecule has 15 aromatic rings. The van der Waals surface area contributed by atoms with Crippen LogP contribution in [-0.2, 0) is 26.9 Å². The zero-order chi connectivity index (χ0) is 82.2. The van der Waals surface area contributed by atoms with Gasteiger partial charge in [0.25, 0.3) is 0 Å². The second kappa shape index (κ2) is 49.2. The Kier molecular flexibility index (Phi) is 42.4. The topological polar surface area (TPSA) is 153 Å². The van der Waals surface area contributed by atoms with Crippen LogP contribution >= 0.6 is 150 Å². The quantitative estimate of drug-likeness (QED) is 0.0588. The van der Waals surface area contributed by atoms with Gasteiger partial charge < -0.3 is 15.8 Å². The van der Waals surface area contributed by atoms with Crippen molar-refractivity contribution in [1.82, 2.24) is 9.13 Å². The molecular weight excluding hydrogens is 2160 g/mol. The van der Waals surface area contributed by atoms with E-state index in [-0.39, 0.29) is 110 Å². The maximum atomic E-state index is 13.9. The van der Waals surface area contributed by atoms with Gasteiger partial charge in [0.05, 0.1) is 48.9 Å². The Morgan fingerprint density at radius 1 is 0.422 bits per heavy atom. The van der Waals surface area contributed by atoms with Crippen molar-refractivity contribution >= 4 is 223 Å². The van der Waals surface area contributed by atoms with Crippen LogP contribution in [0.15, 0.2) is 306 Å². The van der Waals surface area contributed by atoms with Crippen LogP contribution in [0.4, 0.5) is 32.0 Å². The summed E-state index contributed by atoms with van der Waals surface area (Å²) in [5.74, 6) is -2.41. The minimum absolute atomic E-state index is 0. The largest absolute Gasteiger partial charge is 1.00 e. The first-order chi connectivity index (χ1) is 53.9. The van der Waals surface area contributed by atoms with Gasteiger partial charge in [0.1, 0.15) is 34.9 Å². The Hall–Kier alpha value is -6.65. The molecule has 10 nitrogen and oxygen atoms in total. The zero-order valence-electron chi connectivity index (χ0n) is 62.3. The van der Waals surface area contributed by atoms with Gasteiger partial charge in [-0.25, -0.2) is 26.3 Å². The summed E-state index contributed by atoms with van der Waals surface area (Å²) in [6.07, 6.45) is 0.907.